The van der Waals surface area contributed by atoms with E-state index in [0.717, 1.165) is 39.3 Å². The number of alkyl halides is 3. The predicted molar refractivity (Wildman–Crippen MR) is 129 cm³/mol. The topological polar surface area (TPSA) is 66.8 Å². The van der Waals surface area contributed by atoms with Crippen LogP contribution >= 0.6 is 11.6 Å². The molecular weight excluding hydrogens is 495 g/mol. The largest absolute Gasteiger partial charge is 0.480 e. The molecule has 36 heavy (non-hydrogen) atoms. The van der Waals surface area contributed by atoms with Crippen LogP contribution < -0.4 is 0 Å². The van der Waals surface area contributed by atoms with E-state index >= 15 is 0 Å². The van der Waals surface area contributed by atoms with Gasteiger partial charge in [0.2, 0.25) is 0 Å². The molecule has 1 aliphatic rings. The van der Waals surface area contributed by atoms with E-state index in [4.69, 9.17) is 16.3 Å². The summed E-state index contributed by atoms with van der Waals surface area (Å²) < 4.78 is 44.3. The Labute approximate surface area is 211 Å². The Morgan fingerprint density at radius 3 is 2.14 bits per heavy atom. The molecule has 1 unspecified atom stereocenters. The van der Waals surface area contributed by atoms with Crippen molar-refractivity contribution >= 4 is 23.7 Å². The summed E-state index contributed by atoms with van der Waals surface area (Å²) in [6.07, 6.45) is -5.30. The Morgan fingerprint density at radius 2 is 1.61 bits per heavy atom. The fourth-order valence-electron chi connectivity index (χ4n) is 4.55. The maximum absolute atomic E-state index is 12.9. The van der Waals surface area contributed by atoms with Crippen LogP contribution in [-0.4, -0.2) is 41.8 Å². The van der Waals surface area contributed by atoms with E-state index in [2.05, 4.69) is 0 Å². The van der Waals surface area contributed by atoms with Gasteiger partial charge in [-0.1, -0.05) is 66.2 Å². The summed E-state index contributed by atoms with van der Waals surface area (Å²) in [6, 6.07) is 17.7. The average Bonchev–Trinajstić information content (AvgIpc) is 3.15. The second kappa shape index (κ2) is 10.2. The number of hydrogen-bond acceptors (Lipinski definition) is 3. The van der Waals surface area contributed by atoms with Gasteiger partial charge in [-0.05, 0) is 52.8 Å². The Hall–Kier alpha value is -3.52. The van der Waals surface area contributed by atoms with Crippen LogP contribution in [0.3, 0.4) is 0 Å². The van der Waals surface area contributed by atoms with E-state index in [9.17, 15) is 27.9 Å². The lowest BCUT2D eigenvalue weighted by atomic mass is 9.98. The predicted octanol–water partition coefficient (Wildman–Crippen LogP) is 6.63. The van der Waals surface area contributed by atoms with Gasteiger partial charge in [-0.3, -0.25) is 4.90 Å². The monoisotopic (exact) mass is 517 g/mol. The number of carbonyl (C=O) groups is 2. The molecule has 1 aliphatic carbocycles. The summed E-state index contributed by atoms with van der Waals surface area (Å²) in [4.78, 5) is 25.7. The summed E-state index contributed by atoms with van der Waals surface area (Å²) in [5.41, 5.74) is 3.67. The number of aliphatic carboxylic acids is 1. The van der Waals surface area contributed by atoms with Gasteiger partial charge < -0.3 is 9.84 Å². The number of benzene rings is 3. The van der Waals surface area contributed by atoms with Crippen molar-refractivity contribution in [2.45, 2.75) is 31.0 Å². The molecule has 0 aliphatic heterocycles. The van der Waals surface area contributed by atoms with Crippen LogP contribution in [0.5, 0.6) is 0 Å². The standard InChI is InChI=1S/C27H23ClF3NO4/c1-32(24(25(33)34)13-11-16-10-12-22(23(28)14-16)27(29,30)31)26(35)36-15-21-19-8-4-2-6-17(19)18-7-3-5-9-20(18)21/h2-10,12,14,21,24H,11,13,15H2,1H3,(H,33,34). The second-order valence-corrected chi connectivity index (χ2v) is 9.03. The average molecular weight is 518 g/mol. The summed E-state index contributed by atoms with van der Waals surface area (Å²) in [6.45, 7) is 0.0397. The number of ether oxygens (including phenoxy) is 1. The molecule has 4 rings (SSSR count). The molecule has 0 fully saturated rings. The van der Waals surface area contributed by atoms with Crippen LogP contribution in [-0.2, 0) is 22.1 Å². The number of aryl methyl sites for hydroxylation is 1. The molecule has 0 radical (unpaired) electrons. The molecule has 0 heterocycles. The third-order valence-electron chi connectivity index (χ3n) is 6.42. The molecule has 0 spiro atoms. The molecule has 3 aromatic carbocycles. The van der Waals surface area contributed by atoms with Crippen molar-refractivity contribution in [3.05, 3.63) is 94.0 Å². The number of amides is 1. The van der Waals surface area contributed by atoms with Gasteiger partial charge in [-0.15, -0.1) is 0 Å². The minimum atomic E-state index is -4.58. The third kappa shape index (κ3) is 5.18. The lowest BCUT2D eigenvalue weighted by Crippen LogP contribution is -2.43. The van der Waals surface area contributed by atoms with Crippen molar-refractivity contribution in [1.29, 1.82) is 0 Å². The van der Waals surface area contributed by atoms with Gasteiger partial charge in [-0.2, -0.15) is 13.2 Å². The van der Waals surface area contributed by atoms with Crippen LogP contribution in [0.15, 0.2) is 66.7 Å². The molecule has 5 nitrogen and oxygen atoms in total. The highest BCUT2D eigenvalue weighted by molar-refractivity contribution is 6.31. The highest BCUT2D eigenvalue weighted by Gasteiger charge is 2.34. The number of likely N-dealkylation sites (N-methyl/N-ethyl adjacent to an activating group) is 1. The first-order chi connectivity index (χ1) is 17.1. The van der Waals surface area contributed by atoms with Crippen molar-refractivity contribution in [3.63, 3.8) is 0 Å². The zero-order chi connectivity index (χ0) is 26.0. The highest BCUT2D eigenvalue weighted by atomic mass is 35.5. The first kappa shape index (κ1) is 25.6. The van der Waals surface area contributed by atoms with Crippen molar-refractivity contribution in [1.82, 2.24) is 4.90 Å². The Bertz CT molecular complexity index is 1250. The molecular formula is C27H23ClF3NO4. The minimum Gasteiger partial charge on any atom is -0.480 e. The van der Waals surface area contributed by atoms with E-state index in [-0.39, 0.29) is 25.4 Å². The van der Waals surface area contributed by atoms with Gasteiger partial charge in [0.1, 0.15) is 12.6 Å². The van der Waals surface area contributed by atoms with Crippen LogP contribution in [0, 0.1) is 0 Å². The molecule has 0 aromatic heterocycles. The summed E-state index contributed by atoms with van der Waals surface area (Å²) in [7, 11) is 1.33. The number of halogens is 4. The zero-order valence-electron chi connectivity index (χ0n) is 19.3. The van der Waals surface area contributed by atoms with E-state index in [1.165, 1.54) is 13.1 Å². The Kier molecular flexibility index (Phi) is 7.26. The van der Waals surface area contributed by atoms with Gasteiger partial charge in [0.15, 0.2) is 0 Å². The summed E-state index contributed by atoms with van der Waals surface area (Å²) in [5.74, 6) is -1.42. The smallest absolute Gasteiger partial charge is 0.417 e. The van der Waals surface area contributed by atoms with Gasteiger partial charge in [0.25, 0.3) is 0 Å². The van der Waals surface area contributed by atoms with Crippen LogP contribution in [0.25, 0.3) is 11.1 Å². The van der Waals surface area contributed by atoms with E-state index in [1.807, 2.05) is 48.5 Å². The number of nitrogens with zero attached hydrogens (tertiary/aromatic N) is 1. The van der Waals surface area contributed by atoms with Crippen molar-refractivity contribution in [2.24, 2.45) is 0 Å². The second-order valence-electron chi connectivity index (χ2n) is 8.62. The third-order valence-corrected chi connectivity index (χ3v) is 6.73. The Balaban J connectivity index is 1.42. The molecule has 188 valence electrons. The molecule has 0 bridgehead atoms. The maximum Gasteiger partial charge on any atom is 0.417 e. The van der Waals surface area contributed by atoms with Gasteiger partial charge in [0, 0.05) is 13.0 Å². The van der Waals surface area contributed by atoms with Crippen LogP contribution in [0.1, 0.15) is 34.6 Å². The number of fused-ring (bicyclic) bond motifs is 3. The Morgan fingerprint density at radius 1 is 1.03 bits per heavy atom. The maximum atomic E-state index is 12.9. The van der Waals surface area contributed by atoms with Crippen LogP contribution in [0.4, 0.5) is 18.0 Å². The van der Waals surface area contributed by atoms with Crippen LogP contribution in [0.2, 0.25) is 5.02 Å². The first-order valence-corrected chi connectivity index (χ1v) is 11.6. The SMILES string of the molecule is CN(C(=O)OCC1c2ccccc2-c2ccccc21)C(CCc1ccc(C(F)(F)F)c(Cl)c1)C(=O)O. The van der Waals surface area contributed by atoms with Crippen molar-refractivity contribution in [2.75, 3.05) is 13.7 Å². The molecule has 9 heteroatoms. The van der Waals surface area contributed by atoms with E-state index < -0.39 is 34.9 Å². The molecule has 3 aromatic rings. The molecule has 0 saturated carbocycles. The zero-order valence-corrected chi connectivity index (χ0v) is 20.0. The quantitative estimate of drug-likeness (QED) is 0.382. The molecule has 0 saturated heterocycles. The first-order valence-electron chi connectivity index (χ1n) is 11.2. The van der Waals surface area contributed by atoms with Gasteiger partial charge in [0.05, 0.1) is 10.6 Å². The number of rotatable bonds is 7. The molecule has 1 amide bonds. The lowest BCUT2D eigenvalue weighted by molar-refractivity contribution is -0.142. The van der Waals surface area contributed by atoms with E-state index in [0.29, 0.717) is 5.56 Å². The minimum absolute atomic E-state index is 0.0300. The number of carbonyl (C=O) groups excluding carboxylic acids is 1. The van der Waals surface area contributed by atoms with E-state index in [1.54, 1.807) is 0 Å². The van der Waals surface area contributed by atoms with Crippen molar-refractivity contribution < 1.29 is 32.6 Å². The number of hydrogen-bond donors (Lipinski definition) is 1. The summed E-state index contributed by atoms with van der Waals surface area (Å²) in [5, 5.41) is 9.23. The van der Waals surface area contributed by atoms with Crippen molar-refractivity contribution in [3.8, 4) is 11.1 Å². The fourth-order valence-corrected chi connectivity index (χ4v) is 4.86. The van der Waals surface area contributed by atoms with Gasteiger partial charge in [-0.25, -0.2) is 9.59 Å². The molecule has 1 N–H and O–H groups in total. The number of carboxylic acids is 1. The lowest BCUT2D eigenvalue weighted by Gasteiger charge is -2.25. The fraction of sp³-hybridized carbons (Fsp3) is 0.259. The van der Waals surface area contributed by atoms with Gasteiger partial charge >= 0.3 is 18.2 Å². The summed E-state index contributed by atoms with van der Waals surface area (Å²) >= 11 is 5.76. The number of carboxylic acid groups (broad SMARTS) is 1. The normalized spacial score (nSPS) is 13.6. The highest BCUT2D eigenvalue weighted by Crippen LogP contribution is 2.44. The molecule has 1 atom stereocenters.